The maximum Gasteiger partial charge on any atom is 0.166 e. The lowest BCUT2D eigenvalue weighted by Gasteiger charge is -2.30. The maximum absolute atomic E-state index is 14.9. The number of rotatable bonds is 6. The van der Waals surface area contributed by atoms with Gasteiger partial charge < -0.3 is 9.84 Å². The molecule has 3 aromatic carbocycles. The molecular formula is C27H26F4O2. The van der Waals surface area contributed by atoms with Gasteiger partial charge in [0.05, 0.1) is 6.61 Å². The summed E-state index contributed by atoms with van der Waals surface area (Å²) in [5.74, 6) is -3.81. The van der Waals surface area contributed by atoms with Gasteiger partial charge >= 0.3 is 0 Å². The lowest BCUT2D eigenvalue weighted by atomic mass is 9.75. The SMILES string of the molecule is CCOCc1ccc(C2CCC(c3ccc(-c4ccc(O)cc4)c(F)c3F)CC2)c(F)c1F. The lowest BCUT2D eigenvalue weighted by molar-refractivity contribution is 0.131. The molecule has 4 rings (SSSR count). The Morgan fingerprint density at radius 1 is 0.727 bits per heavy atom. The van der Waals surface area contributed by atoms with Crippen LogP contribution < -0.4 is 0 Å². The fraction of sp³-hybridized carbons (Fsp3) is 0.333. The second-order valence-electron chi connectivity index (χ2n) is 8.50. The summed E-state index contributed by atoms with van der Waals surface area (Å²) in [7, 11) is 0. The number of ether oxygens (including phenoxy) is 1. The minimum Gasteiger partial charge on any atom is -0.508 e. The van der Waals surface area contributed by atoms with Crippen LogP contribution in [0.3, 0.4) is 0 Å². The van der Waals surface area contributed by atoms with Gasteiger partial charge in [-0.05, 0) is 73.3 Å². The fourth-order valence-electron chi connectivity index (χ4n) is 4.70. The molecule has 1 aliphatic carbocycles. The molecule has 0 amide bonds. The monoisotopic (exact) mass is 458 g/mol. The molecule has 2 nitrogen and oxygen atoms in total. The van der Waals surface area contributed by atoms with E-state index in [0.29, 0.717) is 49.0 Å². The van der Waals surface area contributed by atoms with Gasteiger partial charge in [0.15, 0.2) is 23.3 Å². The zero-order chi connectivity index (χ0) is 23.5. The first-order chi connectivity index (χ1) is 15.9. The van der Waals surface area contributed by atoms with E-state index in [-0.39, 0.29) is 35.3 Å². The van der Waals surface area contributed by atoms with Gasteiger partial charge in [-0.2, -0.15) is 0 Å². The fourth-order valence-corrected chi connectivity index (χ4v) is 4.70. The van der Waals surface area contributed by atoms with Crippen molar-refractivity contribution in [2.75, 3.05) is 6.61 Å². The summed E-state index contributed by atoms with van der Waals surface area (Å²) < 4.78 is 64.1. The van der Waals surface area contributed by atoms with Crippen molar-refractivity contribution in [3.05, 3.63) is 88.5 Å². The van der Waals surface area contributed by atoms with Crippen molar-refractivity contribution in [2.24, 2.45) is 0 Å². The number of benzene rings is 3. The van der Waals surface area contributed by atoms with E-state index < -0.39 is 23.3 Å². The van der Waals surface area contributed by atoms with Crippen molar-refractivity contribution in [3.63, 3.8) is 0 Å². The maximum atomic E-state index is 14.9. The van der Waals surface area contributed by atoms with E-state index in [1.54, 1.807) is 31.2 Å². The Balaban J connectivity index is 1.49. The number of phenols is 1. The molecule has 33 heavy (non-hydrogen) atoms. The molecule has 6 heteroatoms. The van der Waals surface area contributed by atoms with Gasteiger partial charge in [-0.1, -0.05) is 36.4 Å². The van der Waals surface area contributed by atoms with Gasteiger partial charge in [0.25, 0.3) is 0 Å². The number of halogens is 4. The van der Waals surface area contributed by atoms with E-state index in [1.165, 1.54) is 24.3 Å². The van der Waals surface area contributed by atoms with Crippen molar-refractivity contribution < 1.29 is 27.4 Å². The van der Waals surface area contributed by atoms with Crippen LogP contribution in [0.5, 0.6) is 5.75 Å². The van der Waals surface area contributed by atoms with Crippen LogP contribution in [0, 0.1) is 23.3 Å². The molecule has 1 aliphatic rings. The van der Waals surface area contributed by atoms with Crippen LogP contribution in [0.2, 0.25) is 0 Å². The van der Waals surface area contributed by atoms with Crippen LogP contribution in [0.1, 0.15) is 61.1 Å². The average Bonchev–Trinajstić information content (AvgIpc) is 2.83. The van der Waals surface area contributed by atoms with Gasteiger partial charge in [-0.15, -0.1) is 0 Å². The Morgan fingerprint density at radius 2 is 1.27 bits per heavy atom. The largest absolute Gasteiger partial charge is 0.508 e. The molecule has 0 atom stereocenters. The lowest BCUT2D eigenvalue weighted by Crippen LogP contribution is -2.15. The molecule has 1 fully saturated rings. The molecule has 174 valence electrons. The Kier molecular flexibility index (Phi) is 7.03. The summed E-state index contributed by atoms with van der Waals surface area (Å²) in [6.45, 7) is 2.23. The van der Waals surface area contributed by atoms with Crippen molar-refractivity contribution in [1.82, 2.24) is 0 Å². The van der Waals surface area contributed by atoms with E-state index in [9.17, 15) is 22.7 Å². The van der Waals surface area contributed by atoms with Gasteiger partial charge in [-0.25, -0.2) is 17.6 Å². The summed E-state index contributed by atoms with van der Waals surface area (Å²) in [5, 5.41) is 9.41. The van der Waals surface area contributed by atoms with Crippen LogP contribution >= 0.6 is 0 Å². The van der Waals surface area contributed by atoms with Crippen molar-refractivity contribution in [1.29, 1.82) is 0 Å². The van der Waals surface area contributed by atoms with E-state index in [2.05, 4.69) is 0 Å². The summed E-state index contributed by atoms with van der Waals surface area (Å²) in [6.07, 6.45) is 2.24. The first-order valence-corrected chi connectivity index (χ1v) is 11.2. The van der Waals surface area contributed by atoms with Crippen molar-refractivity contribution in [2.45, 2.75) is 51.0 Å². The van der Waals surface area contributed by atoms with E-state index in [1.807, 2.05) is 0 Å². The minimum absolute atomic E-state index is 0.0251. The highest BCUT2D eigenvalue weighted by molar-refractivity contribution is 5.65. The van der Waals surface area contributed by atoms with Gasteiger partial charge in [0.1, 0.15) is 5.75 Å². The summed E-state index contributed by atoms with van der Waals surface area (Å²) in [5.41, 5.74) is 1.45. The highest BCUT2D eigenvalue weighted by Gasteiger charge is 2.29. The standard InChI is InChI=1S/C27H26F4O2/c1-2-33-15-19-9-12-21(25(29)24(19)28)16-3-5-17(6-4-16)22-13-14-23(27(31)26(22)30)18-7-10-20(32)11-8-18/h7-14,16-17,32H,2-6,15H2,1H3. The van der Waals surface area contributed by atoms with Crippen molar-refractivity contribution in [3.8, 4) is 16.9 Å². The number of aromatic hydroxyl groups is 1. The molecule has 0 heterocycles. The van der Waals surface area contributed by atoms with E-state index in [4.69, 9.17) is 4.74 Å². The summed E-state index contributed by atoms with van der Waals surface area (Å²) in [4.78, 5) is 0. The molecule has 0 spiro atoms. The first-order valence-electron chi connectivity index (χ1n) is 11.2. The molecule has 0 saturated heterocycles. The molecule has 1 saturated carbocycles. The predicted molar refractivity (Wildman–Crippen MR) is 119 cm³/mol. The Morgan fingerprint density at radius 3 is 1.85 bits per heavy atom. The highest BCUT2D eigenvalue weighted by Crippen LogP contribution is 2.43. The van der Waals surface area contributed by atoms with Crippen molar-refractivity contribution >= 4 is 0 Å². The third-order valence-electron chi connectivity index (χ3n) is 6.55. The molecule has 3 aromatic rings. The topological polar surface area (TPSA) is 29.5 Å². The number of hydrogen-bond acceptors (Lipinski definition) is 2. The molecule has 0 radical (unpaired) electrons. The van der Waals surface area contributed by atoms with Crippen LogP contribution in [-0.4, -0.2) is 11.7 Å². The van der Waals surface area contributed by atoms with Crippen LogP contribution in [0.4, 0.5) is 17.6 Å². The molecule has 0 bridgehead atoms. The first kappa shape index (κ1) is 23.3. The predicted octanol–water partition coefficient (Wildman–Crippen LogP) is 7.59. The van der Waals surface area contributed by atoms with Gasteiger partial charge in [0.2, 0.25) is 0 Å². The van der Waals surface area contributed by atoms with Crippen LogP contribution in [-0.2, 0) is 11.3 Å². The zero-order valence-corrected chi connectivity index (χ0v) is 18.4. The molecular weight excluding hydrogens is 432 g/mol. The number of phenolic OH excluding ortho intramolecular Hbond substituents is 1. The Hall–Kier alpha value is -2.86. The summed E-state index contributed by atoms with van der Waals surface area (Å²) >= 11 is 0. The number of hydrogen-bond donors (Lipinski definition) is 1. The molecule has 0 unspecified atom stereocenters. The highest BCUT2D eigenvalue weighted by atomic mass is 19.2. The third kappa shape index (κ3) is 4.76. The Labute approximate surface area is 190 Å². The van der Waals surface area contributed by atoms with Crippen LogP contribution in [0.25, 0.3) is 11.1 Å². The summed E-state index contributed by atoms with van der Waals surface area (Å²) in [6, 6.07) is 12.3. The minimum atomic E-state index is -0.918. The smallest absolute Gasteiger partial charge is 0.166 e. The average molecular weight is 458 g/mol. The van der Waals surface area contributed by atoms with Gasteiger partial charge in [-0.3, -0.25) is 0 Å². The molecule has 0 aromatic heterocycles. The van der Waals surface area contributed by atoms with Gasteiger partial charge in [0, 0.05) is 17.7 Å². The Bertz CT molecular complexity index is 1120. The molecule has 1 N–H and O–H groups in total. The third-order valence-corrected chi connectivity index (χ3v) is 6.55. The van der Waals surface area contributed by atoms with Crippen LogP contribution in [0.15, 0.2) is 48.5 Å². The second-order valence-corrected chi connectivity index (χ2v) is 8.50. The normalized spacial score (nSPS) is 18.5. The molecule has 0 aliphatic heterocycles. The quantitative estimate of drug-likeness (QED) is 0.386. The zero-order valence-electron chi connectivity index (χ0n) is 18.4. The van der Waals surface area contributed by atoms with E-state index >= 15 is 0 Å². The van der Waals surface area contributed by atoms with E-state index in [0.717, 1.165) is 0 Å². The second kappa shape index (κ2) is 9.96.